The number of rotatable bonds is 4. The first-order valence-electron chi connectivity index (χ1n) is 6.45. The third-order valence-corrected chi connectivity index (χ3v) is 3.73. The summed E-state index contributed by atoms with van der Waals surface area (Å²) in [6.07, 6.45) is 0.421. The number of aryl methyl sites for hydroxylation is 2. The maximum Gasteiger partial charge on any atom is 0.0991 e. The molecule has 1 unspecified atom stereocenters. The van der Waals surface area contributed by atoms with E-state index < -0.39 is 6.10 Å². The van der Waals surface area contributed by atoms with Crippen LogP contribution in [0.4, 0.5) is 0 Å². The van der Waals surface area contributed by atoms with Crippen LogP contribution in [0.25, 0.3) is 0 Å². The van der Waals surface area contributed by atoms with Crippen molar-refractivity contribution in [3.63, 3.8) is 0 Å². The van der Waals surface area contributed by atoms with Crippen molar-refractivity contribution in [1.29, 1.82) is 5.26 Å². The van der Waals surface area contributed by atoms with Crippen LogP contribution in [-0.2, 0) is 19.9 Å². The second-order valence-electron chi connectivity index (χ2n) is 4.64. The van der Waals surface area contributed by atoms with E-state index in [1.54, 1.807) is 28.9 Å². The van der Waals surface area contributed by atoms with Crippen molar-refractivity contribution in [2.75, 3.05) is 0 Å². The predicted molar refractivity (Wildman–Crippen MR) is 77.4 cm³/mol. The van der Waals surface area contributed by atoms with Gasteiger partial charge in [-0.15, -0.1) is 0 Å². The van der Waals surface area contributed by atoms with E-state index in [1.807, 2.05) is 14.0 Å². The first-order valence-corrected chi connectivity index (χ1v) is 6.83. The van der Waals surface area contributed by atoms with E-state index in [1.165, 1.54) is 0 Å². The number of benzene rings is 1. The van der Waals surface area contributed by atoms with Crippen molar-refractivity contribution < 1.29 is 5.11 Å². The molecule has 4 nitrogen and oxygen atoms in total. The number of hydrogen-bond acceptors (Lipinski definition) is 3. The molecule has 1 aromatic heterocycles. The standard InChI is InChI=1S/C15H16ClN3O/c1-3-12-15(16)13(19(2)18-12)8-14(20)11-6-4-5-10(7-11)9-17/h4-7,14,20H,3,8H2,1-2H3. The van der Waals surface area contributed by atoms with Gasteiger partial charge in [-0.2, -0.15) is 10.4 Å². The molecule has 0 fully saturated rings. The van der Waals surface area contributed by atoms with Crippen LogP contribution in [0.5, 0.6) is 0 Å². The molecule has 1 atom stereocenters. The predicted octanol–water partition coefficient (Wildman–Crippen LogP) is 2.78. The fourth-order valence-corrected chi connectivity index (χ4v) is 2.53. The molecule has 0 saturated heterocycles. The molecule has 0 saturated carbocycles. The van der Waals surface area contributed by atoms with Crippen molar-refractivity contribution in [2.24, 2.45) is 7.05 Å². The van der Waals surface area contributed by atoms with Crippen molar-refractivity contribution in [3.05, 3.63) is 51.8 Å². The lowest BCUT2D eigenvalue weighted by Crippen LogP contribution is -2.07. The summed E-state index contributed by atoms with van der Waals surface area (Å²) in [5.41, 5.74) is 2.88. The zero-order chi connectivity index (χ0) is 14.7. The number of nitriles is 1. The average molecular weight is 290 g/mol. The molecule has 0 radical (unpaired) electrons. The SMILES string of the molecule is CCc1nn(C)c(CC(O)c2cccc(C#N)c2)c1Cl. The Morgan fingerprint density at radius 3 is 2.85 bits per heavy atom. The van der Waals surface area contributed by atoms with E-state index in [0.717, 1.165) is 17.8 Å². The quantitative estimate of drug-likeness (QED) is 0.941. The minimum Gasteiger partial charge on any atom is -0.388 e. The lowest BCUT2D eigenvalue weighted by atomic mass is 10.0. The molecule has 0 amide bonds. The molecule has 0 aliphatic rings. The summed E-state index contributed by atoms with van der Waals surface area (Å²) in [6.45, 7) is 1.99. The fraction of sp³-hybridized carbons (Fsp3) is 0.333. The van der Waals surface area contributed by atoms with E-state index in [-0.39, 0.29) is 0 Å². The summed E-state index contributed by atoms with van der Waals surface area (Å²) in [7, 11) is 1.82. The van der Waals surface area contributed by atoms with Crippen LogP contribution in [0.3, 0.4) is 0 Å². The molecule has 0 spiro atoms. The maximum absolute atomic E-state index is 10.3. The molecule has 1 N–H and O–H groups in total. The molecule has 2 rings (SSSR count). The minimum atomic E-state index is -0.707. The number of aliphatic hydroxyl groups is 1. The Bertz CT molecular complexity index is 658. The zero-order valence-corrected chi connectivity index (χ0v) is 12.2. The van der Waals surface area contributed by atoms with Crippen LogP contribution in [0.15, 0.2) is 24.3 Å². The Morgan fingerprint density at radius 2 is 2.25 bits per heavy atom. The minimum absolute atomic E-state index is 0.372. The first kappa shape index (κ1) is 14.6. The van der Waals surface area contributed by atoms with Gasteiger partial charge in [-0.25, -0.2) is 0 Å². The van der Waals surface area contributed by atoms with E-state index in [2.05, 4.69) is 11.2 Å². The summed E-state index contributed by atoms with van der Waals surface area (Å²) >= 11 is 6.27. The molecule has 1 heterocycles. The second kappa shape index (κ2) is 6.08. The van der Waals surface area contributed by atoms with E-state index in [9.17, 15) is 5.11 Å². The van der Waals surface area contributed by atoms with Gasteiger partial charge in [-0.3, -0.25) is 4.68 Å². The third kappa shape index (κ3) is 2.84. The normalized spacial score (nSPS) is 12.2. The molecule has 2 aromatic rings. The summed E-state index contributed by atoms with van der Waals surface area (Å²) in [5.74, 6) is 0. The molecule has 0 bridgehead atoms. The largest absolute Gasteiger partial charge is 0.388 e. The van der Waals surface area contributed by atoms with Gasteiger partial charge in [0.1, 0.15) is 0 Å². The van der Waals surface area contributed by atoms with Gasteiger partial charge in [0, 0.05) is 13.5 Å². The lowest BCUT2D eigenvalue weighted by Gasteiger charge is -2.12. The Balaban J connectivity index is 2.25. The molecule has 104 valence electrons. The Hall–Kier alpha value is -1.83. The number of halogens is 1. The van der Waals surface area contributed by atoms with Gasteiger partial charge in [0.05, 0.1) is 34.1 Å². The van der Waals surface area contributed by atoms with Crippen molar-refractivity contribution in [1.82, 2.24) is 9.78 Å². The molecular formula is C15H16ClN3O. The van der Waals surface area contributed by atoms with Crippen molar-refractivity contribution in [2.45, 2.75) is 25.9 Å². The van der Waals surface area contributed by atoms with Gasteiger partial charge in [0.25, 0.3) is 0 Å². The molecule has 0 aliphatic carbocycles. The van der Waals surface area contributed by atoms with Crippen LogP contribution in [0, 0.1) is 11.3 Å². The fourth-order valence-electron chi connectivity index (χ4n) is 2.16. The summed E-state index contributed by atoms with van der Waals surface area (Å²) < 4.78 is 1.71. The number of hydrogen-bond donors (Lipinski definition) is 1. The summed E-state index contributed by atoms with van der Waals surface area (Å²) in [5, 5.41) is 24.2. The smallest absolute Gasteiger partial charge is 0.0991 e. The Labute approximate surface area is 123 Å². The monoisotopic (exact) mass is 289 g/mol. The van der Waals surface area contributed by atoms with Gasteiger partial charge in [0.15, 0.2) is 0 Å². The average Bonchev–Trinajstić information content (AvgIpc) is 2.74. The van der Waals surface area contributed by atoms with Crippen molar-refractivity contribution >= 4 is 11.6 Å². The highest BCUT2D eigenvalue weighted by Crippen LogP contribution is 2.26. The highest BCUT2D eigenvalue weighted by atomic mass is 35.5. The van der Waals surface area contributed by atoms with E-state index in [4.69, 9.17) is 16.9 Å². The van der Waals surface area contributed by atoms with Gasteiger partial charge in [-0.05, 0) is 24.1 Å². The maximum atomic E-state index is 10.3. The van der Waals surface area contributed by atoms with E-state index in [0.29, 0.717) is 22.6 Å². The van der Waals surface area contributed by atoms with Crippen molar-refractivity contribution in [3.8, 4) is 6.07 Å². The van der Waals surface area contributed by atoms with Crippen LogP contribution >= 0.6 is 11.6 Å². The van der Waals surface area contributed by atoms with E-state index >= 15 is 0 Å². The van der Waals surface area contributed by atoms with Gasteiger partial charge >= 0.3 is 0 Å². The zero-order valence-electron chi connectivity index (χ0n) is 11.5. The highest BCUT2D eigenvalue weighted by molar-refractivity contribution is 6.31. The molecule has 20 heavy (non-hydrogen) atoms. The highest BCUT2D eigenvalue weighted by Gasteiger charge is 2.17. The molecule has 1 aromatic carbocycles. The molecule has 5 heteroatoms. The van der Waals surface area contributed by atoms with Crippen LogP contribution in [-0.4, -0.2) is 14.9 Å². The second-order valence-corrected chi connectivity index (χ2v) is 5.02. The summed E-state index contributed by atoms with van der Waals surface area (Å²) in [4.78, 5) is 0. The third-order valence-electron chi connectivity index (χ3n) is 3.29. The van der Waals surface area contributed by atoms with Gasteiger partial charge in [0.2, 0.25) is 0 Å². The number of nitrogens with zero attached hydrogens (tertiary/aromatic N) is 3. The number of aromatic nitrogens is 2. The Kier molecular flexibility index (Phi) is 4.43. The van der Waals surface area contributed by atoms with Gasteiger partial charge in [-0.1, -0.05) is 30.7 Å². The van der Waals surface area contributed by atoms with Crippen LogP contribution < -0.4 is 0 Å². The van der Waals surface area contributed by atoms with Crippen LogP contribution in [0.1, 0.15) is 35.5 Å². The molecule has 0 aliphatic heterocycles. The summed E-state index contributed by atoms with van der Waals surface area (Å²) in [6, 6.07) is 9.03. The number of aliphatic hydroxyl groups excluding tert-OH is 1. The first-order chi connectivity index (χ1) is 9.56. The Morgan fingerprint density at radius 1 is 1.50 bits per heavy atom. The van der Waals surface area contributed by atoms with Gasteiger partial charge < -0.3 is 5.11 Å². The van der Waals surface area contributed by atoms with Crippen LogP contribution in [0.2, 0.25) is 5.02 Å². The topological polar surface area (TPSA) is 61.8 Å². The lowest BCUT2D eigenvalue weighted by molar-refractivity contribution is 0.176. The molecular weight excluding hydrogens is 274 g/mol.